The average Bonchev–Trinajstić information content (AvgIpc) is 3.10. The van der Waals surface area contributed by atoms with E-state index in [0.29, 0.717) is 33.9 Å². The van der Waals surface area contributed by atoms with Crippen LogP contribution in [0.15, 0.2) is 85.9 Å². The van der Waals surface area contributed by atoms with Crippen molar-refractivity contribution in [1.29, 1.82) is 0 Å². The molecule has 0 atom stereocenters. The Bertz CT molecular complexity index is 1580. The minimum atomic E-state index is -0.384. The summed E-state index contributed by atoms with van der Waals surface area (Å²) in [5.41, 5.74) is 4.83. The van der Waals surface area contributed by atoms with Gasteiger partial charge in [0.25, 0.3) is 5.56 Å². The van der Waals surface area contributed by atoms with Gasteiger partial charge < -0.3 is 4.42 Å². The monoisotopic (exact) mass is 443 g/mol. The first-order valence-corrected chi connectivity index (χ1v) is 11.3. The molecule has 2 heterocycles. The highest BCUT2D eigenvalue weighted by Gasteiger charge is 2.16. The minimum absolute atomic E-state index is 0.101. The normalized spacial score (nSPS) is 11.4. The van der Waals surface area contributed by atoms with Crippen LogP contribution in [0, 0.1) is 13.8 Å². The Balaban J connectivity index is 1.56. The molecule has 0 aliphatic rings. The molecule has 0 bridgehead atoms. The van der Waals surface area contributed by atoms with Crippen LogP contribution in [0.3, 0.4) is 0 Å². The fraction of sp³-hybridized carbons (Fsp3) is 0.160. The van der Waals surface area contributed by atoms with Gasteiger partial charge in [-0.2, -0.15) is 0 Å². The van der Waals surface area contributed by atoms with Crippen molar-refractivity contribution in [3.8, 4) is 5.69 Å². The molecule has 5 aromatic rings. The summed E-state index contributed by atoms with van der Waals surface area (Å²) in [5, 5.41) is 1.18. The van der Waals surface area contributed by atoms with Crippen LogP contribution >= 0.6 is 11.8 Å². The number of rotatable bonds is 5. The molecule has 5 rings (SSSR count). The Labute approximate surface area is 188 Å². The number of fused-ring (bicyclic) bond motifs is 2. The summed E-state index contributed by atoms with van der Waals surface area (Å²) in [7, 11) is 0. The minimum Gasteiger partial charge on any atom is -0.408 e. The molecule has 0 saturated carbocycles. The van der Waals surface area contributed by atoms with Crippen molar-refractivity contribution >= 4 is 33.8 Å². The predicted octanol–water partition coefficient (Wildman–Crippen LogP) is 4.70. The Morgan fingerprint density at radius 2 is 1.75 bits per heavy atom. The fourth-order valence-electron chi connectivity index (χ4n) is 3.93. The predicted molar refractivity (Wildman–Crippen MR) is 128 cm³/mol. The second kappa shape index (κ2) is 8.16. The highest BCUT2D eigenvalue weighted by atomic mass is 32.2. The van der Waals surface area contributed by atoms with E-state index < -0.39 is 0 Å². The molecule has 3 aromatic carbocycles. The van der Waals surface area contributed by atoms with Crippen LogP contribution in [0.1, 0.15) is 11.1 Å². The van der Waals surface area contributed by atoms with Crippen molar-refractivity contribution in [1.82, 2.24) is 14.1 Å². The van der Waals surface area contributed by atoms with Crippen molar-refractivity contribution in [2.24, 2.45) is 0 Å². The molecule has 0 saturated heterocycles. The van der Waals surface area contributed by atoms with Gasteiger partial charge in [0, 0.05) is 12.3 Å². The zero-order valence-electron chi connectivity index (χ0n) is 17.7. The van der Waals surface area contributed by atoms with Crippen LogP contribution < -0.4 is 11.3 Å². The molecule has 0 spiro atoms. The van der Waals surface area contributed by atoms with Gasteiger partial charge in [0.2, 0.25) is 0 Å². The maximum absolute atomic E-state index is 13.4. The molecule has 0 fully saturated rings. The van der Waals surface area contributed by atoms with Gasteiger partial charge in [-0.05, 0) is 49.7 Å². The lowest BCUT2D eigenvalue weighted by atomic mass is 10.1. The molecule has 160 valence electrons. The van der Waals surface area contributed by atoms with E-state index >= 15 is 0 Å². The molecule has 0 amide bonds. The van der Waals surface area contributed by atoms with E-state index in [4.69, 9.17) is 9.40 Å². The van der Waals surface area contributed by atoms with Crippen LogP contribution in [-0.4, -0.2) is 19.9 Å². The van der Waals surface area contributed by atoms with Crippen molar-refractivity contribution < 1.29 is 4.42 Å². The number of nitrogens with zero attached hydrogens (tertiary/aromatic N) is 3. The zero-order valence-corrected chi connectivity index (χ0v) is 18.6. The van der Waals surface area contributed by atoms with Gasteiger partial charge in [-0.1, -0.05) is 53.7 Å². The number of hydrogen-bond donors (Lipinski definition) is 0. The standard InChI is InChI=1S/C25H21N3O3S/c1-16-11-12-20(17(2)15-16)28-23(29)18-7-3-4-8-19(18)26-24(28)32-14-13-27-21-9-5-6-10-22(21)31-25(27)30/h3-12,15H,13-14H2,1-2H3. The highest BCUT2D eigenvalue weighted by Crippen LogP contribution is 2.24. The van der Waals surface area contributed by atoms with Gasteiger partial charge in [0.05, 0.1) is 22.1 Å². The summed E-state index contributed by atoms with van der Waals surface area (Å²) < 4.78 is 8.62. The SMILES string of the molecule is Cc1ccc(-n2c(SCCn3c(=O)oc4ccccc43)nc3ccccc3c2=O)c(C)c1. The maximum atomic E-state index is 13.4. The molecule has 0 aliphatic carbocycles. The molecular weight excluding hydrogens is 422 g/mol. The number of aromatic nitrogens is 3. The summed E-state index contributed by atoms with van der Waals surface area (Å²) >= 11 is 1.45. The molecule has 0 radical (unpaired) electrons. The van der Waals surface area contributed by atoms with E-state index in [1.54, 1.807) is 21.3 Å². The summed E-state index contributed by atoms with van der Waals surface area (Å²) in [4.78, 5) is 30.5. The first-order chi connectivity index (χ1) is 15.5. The summed E-state index contributed by atoms with van der Waals surface area (Å²) in [6.45, 7) is 4.46. The van der Waals surface area contributed by atoms with Crippen LogP contribution in [0.25, 0.3) is 27.7 Å². The number of para-hydroxylation sites is 3. The largest absolute Gasteiger partial charge is 0.419 e. The third kappa shape index (κ3) is 3.54. The smallest absolute Gasteiger partial charge is 0.408 e. The van der Waals surface area contributed by atoms with E-state index in [1.165, 1.54) is 11.8 Å². The summed E-state index contributed by atoms with van der Waals surface area (Å²) in [6, 6.07) is 20.8. The van der Waals surface area contributed by atoms with Gasteiger partial charge >= 0.3 is 5.76 Å². The molecular formula is C25H21N3O3S. The molecule has 0 unspecified atom stereocenters. The molecule has 0 N–H and O–H groups in total. The lowest BCUT2D eigenvalue weighted by Crippen LogP contribution is -2.23. The quantitative estimate of drug-likeness (QED) is 0.291. The first kappa shape index (κ1) is 20.3. The first-order valence-electron chi connectivity index (χ1n) is 10.3. The van der Waals surface area contributed by atoms with E-state index in [1.807, 2.05) is 62.4 Å². The van der Waals surface area contributed by atoms with Gasteiger partial charge in [-0.15, -0.1) is 0 Å². The molecule has 7 heteroatoms. The highest BCUT2D eigenvalue weighted by molar-refractivity contribution is 7.99. The van der Waals surface area contributed by atoms with Crippen LogP contribution in [0.5, 0.6) is 0 Å². The van der Waals surface area contributed by atoms with Gasteiger partial charge in [-0.25, -0.2) is 9.78 Å². The van der Waals surface area contributed by atoms with E-state index in [-0.39, 0.29) is 11.3 Å². The third-order valence-corrected chi connectivity index (χ3v) is 6.38. The molecule has 2 aromatic heterocycles. The Kier molecular flexibility index (Phi) is 5.19. The van der Waals surface area contributed by atoms with Crippen molar-refractivity contribution in [3.63, 3.8) is 0 Å². The number of oxazole rings is 1. The average molecular weight is 444 g/mol. The van der Waals surface area contributed by atoms with Crippen LogP contribution in [-0.2, 0) is 6.54 Å². The van der Waals surface area contributed by atoms with Crippen LogP contribution in [0.2, 0.25) is 0 Å². The van der Waals surface area contributed by atoms with Gasteiger partial charge in [0.1, 0.15) is 0 Å². The molecule has 32 heavy (non-hydrogen) atoms. The van der Waals surface area contributed by atoms with E-state index in [2.05, 4.69) is 6.07 Å². The van der Waals surface area contributed by atoms with Gasteiger partial charge in [0.15, 0.2) is 10.7 Å². The number of thioether (sulfide) groups is 1. The Morgan fingerprint density at radius 3 is 2.59 bits per heavy atom. The summed E-state index contributed by atoms with van der Waals surface area (Å²) in [6.07, 6.45) is 0. The van der Waals surface area contributed by atoms with Crippen molar-refractivity contribution in [2.45, 2.75) is 25.5 Å². The van der Waals surface area contributed by atoms with E-state index in [9.17, 15) is 9.59 Å². The Hall–Kier alpha value is -3.58. The van der Waals surface area contributed by atoms with Crippen molar-refractivity contribution in [3.05, 3.63) is 98.8 Å². The second-order valence-corrected chi connectivity index (χ2v) is 8.74. The zero-order chi connectivity index (χ0) is 22.2. The van der Waals surface area contributed by atoms with Gasteiger partial charge in [-0.3, -0.25) is 13.9 Å². The fourth-order valence-corrected chi connectivity index (χ4v) is 4.86. The van der Waals surface area contributed by atoms with Crippen LogP contribution in [0.4, 0.5) is 0 Å². The second-order valence-electron chi connectivity index (χ2n) is 7.68. The summed E-state index contributed by atoms with van der Waals surface area (Å²) in [5.74, 6) is 0.170. The molecule has 0 aliphatic heterocycles. The van der Waals surface area contributed by atoms with E-state index in [0.717, 1.165) is 22.3 Å². The Morgan fingerprint density at radius 1 is 0.969 bits per heavy atom. The number of hydrogen-bond acceptors (Lipinski definition) is 5. The number of aryl methyl sites for hydroxylation is 3. The number of benzene rings is 3. The molecule has 6 nitrogen and oxygen atoms in total. The topological polar surface area (TPSA) is 70.0 Å². The third-order valence-electron chi connectivity index (χ3n) is 5.46. The lowest BCUT2D eigenvalue weighted by Gasteiger charge is -2.15. The maximum Gasteiger partial charge on any atom is 0.419 e. The lowest BCUT2D eigenvalue weighted by molar-refractivity contribution is 0.514. The van der Waals surface area contributed by atoms with Crippen molar-refractivity contribution in [2.75, 3.05) is 5.75 Å².